The van der Waals surface area contributed by atoms with E-state index in [2.05, 4.69) is 27.9 Å². The average Bonchev–Trinajstić information content (AvgIpc) is 2.42. The first-order valence-electron chi connectivity index (χ1n) is 6.40. The van der Waals surface area contributed by atoms with Crippen molar-refractivity contribution in [2.24, 2.45) is 0 Å². The van der Waals surface area contributed by atoms with Gasteiger partial charge in [-0.1, -0.05) is 12.1 Å². The van der Waals surface area contributed by atoms with Crippen LogP contribution in [0.1, 0.15) is 22.8 Å². The summed E-state index contributed by atoms with van der Waals surface area (Å²) in [6.07, 6.45) is 0. The molecule has 0 saturated heterocycles. The number of ether oxygens (including phenoxy) is 1. The van der Waals surface area contributed by atoms with Crippen LogP contribution < -0.4 is 10.1 Å². The van der Waals surface area contributed by atoms with Gasteiger partial charge in [-0.15, -0.1) is 0 Å². The minimum atomic E-state index is -0.114. The maximum absolute atomic E-state index is 12.2. The molecule has 0 heterocycles. The summed E-state index contributed by atoms with van der Waals surface area (Å²) in [5.41, 5.74) is 2.55. The molecule has 0 unspecified atom stereocenters. The Balaban J connectivity index is 2.14. The third-order valence-corrected chi connectivity index (χ3v) is 4.00. The van der Waals surface area contributed by atoms with Gasteiger partial charge >= 0.3 is 0 Å². The fourth-order valence-corrected chi connectivity index (χ4v) is 2.28. The molecule has 0 atom stereocenters. The zero-order valence-electron chi connectivity index (χ0n) is 11.4. The van der Waals surface area contributed by atoms with E-state index in [1.807, 2.05) is 56.3 Å². The van der Waals surface area contributed by atoms with Crippen LogP contribution in [0.5, 0.6) is 5.75 Å². The van der Waals surface area contributed by atoms with Crippen molar-refractivity contribution in [1.82, 2.24) is 0 Å². The predicted molar refractivity (Wildman–Crippen MR) is 89.5 cm³/mol. The van der Waals surface area contributed by atoms with Gasteiger partial charge in [-0.05, 0) is 66.3 Å². The molecule has 2 aromatic rings. The molecule has 20 heavy (non-hydrogen) atoms. The van der Waals surface area contributed by atoms with Crippen LogP contribution in [0.4, 0.5) is 5.69 Å². The lowest BCUT2D eigenvalue weighted by atomic mass is 10.1. The van der Waals surface area contributed by atoms with E-state index < -0.39 is 0 Å². The van der Waals surface area contributed by atoms with Crippen LogP contribution in [0.3, 0.4) is 0 Å². The second-order valence-electron chi connectivity index (χ2n) is 4.38. The minimum Gasteiger partial charge on any atom is -0.494 e. The molecule has 0 fully saturated rings. The summed E-state index contributed by atoms with van der Waals surface area (Å²) >= 11 is 2.23. The Labute approximate surface area is 132 Å². The third kappa shape index (κ3) is 3.72. The Hall–Kier alpha value is -1.56. The summed E-state index contributed by atoms with van der Waals surface area (Å²) in [5.74, 6) is 0.639. The number of rotatable bonds is 4. The van der Waals surface area contributed by atoms with Crippen molar-refractivity contribution in [1.29, 1.82) is 0 Å². The van der Waals surface area contributed by atoms with E-state index in [1.165, 1.54) is 5.56 Å². The van der Waals surface area contributed by atoms with Gasteiger partial charge in [0.05, 0.1) is 6.61 Å². The van der Waals surface area contributed by atoms with Crippen molar-refractivity contribution in [3.8, 4) is 5.75 Å². The van der Waals surface area contributed by atoms with E-state index in [0.29, 0.717) is 12.2 Å². The van der Waals surface area contributed by atoms with E-state index in [0.717, 1.165) is 15.0 Å². The number of halogens is 1. The summed E-state index contributed by atoms with van der Waals surface area (Å²) in [6, 6.07) is 13.1. The van der Waals surface area contributed by atoms with Gasteiger partial charge in [-0.3, -0.25) is 4.79 Å². The number of anilines is 1. The molecule has 0 bridgehead atoms. The van der Waals surface area contributed by atoms with E-state index in [1.54, 1.807) is 0 Å². The van der Waals surface area contributed by atoms with Gasteiger partial charge in [0.2, 0.25) is 0 Å². The number of hydrogen-bond acceptors (Lipinski definition) is 2. The zero-order chi connectivity index (χ0) is 14.5. The van der Waals surface area contributed by atoms with Crippen molar-refractivity contribution in [3.63, 3.8) is 0 Å². The summed E-state index contributed by atoms with van der Waals surface area (Å²) in [7, 11) is 0. The van der Waals surface area contributed by atoms with E-state index >= 15 is 0 Å². The number of benzene rings is 2. The largest absolute Gasteiger partial charge is 0.494 e. The molecule has 104 valence electrons. The Morgan fingerprint density at radius 1 is 1.25 bits per heavy atom. The highest BCUT2D eigenvalue weighted by molar-refractivity contribution is 14.1. The van der Waals surface area contributed by atoms with Gasteiger partial charge in [0.1, 0.15) is 5.75 Å². The Kier molecular flexibility index (Phi) is 5.00. The molecule has 4 heteroatoms. The van der Waals surface area contributed by atoms with Crippen molar-refractivity contribution < 1.29 is 9.53 Å². The van der Waals surface area contributed by atoms with Crippen LogP contribution in [-0.4, -0.2) is 12.5 Å². The van der Waals surface area contributed by atoms with Gasteiger partial charge in [0.15, 0.2) is 0 Å². The Bertz CT molecular complexity index is 626. The number of amides is 1. The molecule has 0 aliphatic rings. The summed E-state index contributed by atoms with van der Waals surface area (Å²) in [4.78, 5) is 12.2. The SMILES string of the molecule is CCOc1cccc(NC(=O)c2ccc(C)c(I)c2)c1. The number of nitrogens with one attached hydrogen (secondary N) is 1. The number of aryl methyl sites for hydroxylation is 1. The number of carbonyl (C=O) groups excluding carboxylic acids is 1. The fraction of sp³-hybridized carbons (Fsp3) is 0.188. The highest BCUT2D eigenvalue weighted by Gasteiger charge is 2.08. The third-order valence-electron chi connectivity index (χ3n) is 2.84. The minimum absolute atomic E-state index is 0.114. The number of carbonyl (C=O) groups is 1. The normalized spacial score (nSPS) is 10.2. The van der Waals surface area contributed by atoms with Crippen molar-refractivity contribution in [3.05, 3.63) is 57.2 Å². The van der Waals surface area contributed by atoms with Gasteiger partial charge in [-0.25, -0.2) is 0 Å². The molecule has 0 spiro atoms. The monoisotopic (exact) mass is 381 g/mol. The van der Waals surface area contributed by atoms with Crippen LogP contribution in [0.2, 0.25) is 0 Å². The van der Waals surface area contributed by atoms with Crippen LogP contribution in [0.25, 0.3) is 0 Å². The summed E-state index contributed by atoms with van der Waals surface area (Å²) in [6.45, 7) is 4.56. The first-order chi connectivity index (χ1) is 9.60. The van der Waals surface area contributed by atoms with Crippen LogP contribution in [0, 0.1) is 10.5 Å². The zero-order valence-corrected chi connectivity index (χ0v) is 13.6. The van der Waals surface area contributed by atoms with Crippen LogP contribution in [-0.2, 0) is 0 Å². The molecule has 0 radical (unpaired) electrons. The van der Waals surface area contributed by atoms with Crippen molar-refractivity contribution in [2.75, 3.05) is 11.9 Å². The van der Waals surface area contributed by atoms with Gasteiger partial charge in [0.25, 0.3) is 5.91 Å². The van der Waals surface area contributed by atoms with Crippen LogP contribution in [0.15, 0.2) is 42.5 Å². The topological polar surface area (TPSA) is 38.3 Å². The lowest BCUT2D eigenvalue weighted by Crippen LogP contribution is -2.12. The highest BCUT2D eigenvalue weighted by atomic mass is 127. The van der Waals surface area contributed by atoms with Gasteiger partial charge in [0, 0.05) is 20.9 Å². The second-order valence-corrected chi connectivity index (χ2v) is 5.54. The Morgan fingerprint density at radius 3 is 2.75 bits per heavy atom. The van der Waals surface area contributed by atoms with E-state index in [-0.39, 0.29) is 5.91 Å². The summed E-state index contributed by atoms with van der Waals surface area (Å²) in [5, 5.41) is 2.88. The van der Waals surface area contributed by atoms with Crippen LogP contribution >= 0.6 is 22.6 Å². The predicted octanol–water partition coefficient (Wildman–Crippen LogP) is 4.25. The molecule has 0 aliphatic heterocycles. The molecule has 2 aromatic carbocycles. The van der Waals surface area contributed by atoms with Crippen molar-refractivity contribution >= 4 is 34.2 Å². The van der Waals surface area contributed by atoms with E-state index in [9.17, 15) is 4.79 Å². The molecule has 0 saturated carbocycles. The standard InChI is InChI=1S/C16H16INO2/c1-3-20-14-6-4-5-13(10-14)18-16(19)12-8-7-11(2)15(17)9-12/h4-10H,3H2,1-2H3,(H,18,19). The lowest BCUT2D eigenvalue weighted by molar-refractivity contribution is 0.102. The average molecular weight is 381 g/mol. The number of hydrogen-bond donors (Lipinski definition) is 1. The molecular weight excluding hydrogens is 365 g/mol. The van der Waals surface area contributed by atoms with Crippen molar-refractivity contribution in [2.45, 2.75) is 13.8 Å². The quantitative estimate of drug-likeness (QED) is 0.805. The first-order valence-corrected chi connectivity index (χ1v) is 7.48. The maximum Gasteiger partial charge on any atom is 0.255 e. The van der Waals surface area contributed by atoms with Gasteiger partial charge < -0.3 is 10.1 Å². The summed E-state index contributed by atoms with van der Waals surface area (Å²) < 4.78 is 6.50. The molecule has 3 nitrogen and oxygen atoms in total. The molecular formula is C16H16INO2. The maximum atomic E-state index is 12.2. The Morgan fingerprint density at radius 2 is 2.05 bits per heavy atom. The second kappa shape index (κ2) is 6.74. The van der Waals surface area contributed by atoms with Gasteiger partial charge in [-0.2, -0.15) is 0 Å². The fourth-order valence-electron chi connectivity index (χ4n) is 1.77. The molecule has 0 aliphatic carbocycles. The molecule has 1 amide bonds. The first kappa shape index (κ1) is 14.8. The molecule has 2 rings (SSSR count). The van der Waals surface area contributed by atoms with E-state index in [4.69, 9.17) is 4.74 Å². The lowest BCUT2D eigenvalue weighted by Gasteiger charge is -2.08. The molecule has 1 N–H and O–H groups in total. The smallest absolute Gasteiger partial charge is 0.255 e. The molecule has 0 aromatic heterocycles. The highest BCUT2D eigenvalue weighted by Crippen LogP contribution is 2.19.